The van der Waals surface area contributed by atoms with E-state index in [9.17, 15) is 14.7 Å². The quantitative estimate of drug-likeness (QED) is 0.536. The molecule has 0 radical (unpaired) electrons. The van der Waals surface area contributed by atoms with Gasteiger partial charge in [0.05, 0.1) is 17.9 Å². The minimum atomic E-state index is -0.951. The van der Waals surface area contributed by atoms with E-state index in [1.165, 1.54) is 0 Å². The van der Waals surface area contributed by atoms with Crippen LogP contribution in [0.4, 0.5) is 0 Å². The van der Waals surface area contributed by atoms with Crippen molar-refractivity contribution in [2.75, 3.05) is 6.61 Å². The van der Waals surface area contributed by atoms with E-state index in [2.05, 4.69) is 0 Å². The molecule has 4 nitrogen and oxygen atoms in total. The molecule has 142 valence electrons. The number of carboxylic acid groups (broad SMARTS) is 1. The van der Waals surface area contributed by atoms with E-state index >= 15 is 0 Å². The van der Waals surface area contributed by atoms with Crippen LogP contribution >= 0.6 is 0 Å². The fourth-order valence-corrected chi connectivity index (χ4v) is 3.55. The highest BCUT2D eigenvalue weighted by Crippen LogP contribution is 2.45. The van der Waals surface area contributed by atoms with Crippen molar-refractivity contribution in [3.63, 3.8) is 0 Å². The van der Waals surface area contributed by atoms with Gasteiger partial charge in [-0.3, -0.25) is 9.59 Å². The number of hydrogen-bond donors (Lipinski definition) is 1. The summed E-state index contributed by atoms with van der Waals surface area (Å²) in [5.41, 5.74) is -0.951. The van der Waals surface area contributed by atoms with Gasteiger partial charge >= 0.3 is 11.9 Å². The van der Waals surface area contributed by atoms with Crippen LogP contribution in [0, 0.1) is 35.0 Å². The Morgan fingerprint density at radius 3 is 1.58 bits per heavy atom. The molecule has 0 spiro atoms. The number of esters is 1. The van der Waals surface area contributed by atoms with E-state index < -0.39 is 17.3 Å². The molecule has 0 aromatic heterocycles. The topological polar surface area (TPSA) is 63.6 Å². The minimum absolute atomic E-state index is 0.211. The number of aliphatic carboxylic acids is 1. The minimum Gasteiger partial charge on any atom is -0.481 e. The number of carbonyl (C=O) groups excluding carboxylic acids is 1. The van der Waals surface area contributed by atoms with Crippen molar-refractivity contribution in [2.24, 2.45) is 35.0 Å². The summed E-state index contributed by atoms with van der Waals surface area (Å²) >= 11 is 0. The normalized spacial score (nSPS) is 13.8. The van der Waals surface area contributed by atoms with Crippen molar-refractivity contribution in [1.29, 1.82) is 0 Å². The Morgan fingerprint density at radius 1 is 0.833 bits per heavy atom. The van der Waals surface area contributed by atoms with Gasteiger partial charge in [0, 0.05) is 0 Å². The number of carboxylic acids is 1. The molecule has 0 saturated heterocycles. The van der Waals surface area contributed by atoms with Crippen LogP contribution in [0.25, 0.3) is 0 Å². The average Bonchev–Trinajstić information content (AvgIpc) is 2.39. The van der Waals surface area contributed by atoms with E-state index in [0.717, 1.165) is 0 Å². The Labute approximate surface area is 148 Å². The zero-order valence-corrected chi connectivity index (χ0v) is 16.9. The molecule has 0 bridgehead atoms. The van der Waals surface area contributed by atoms with Crippen LogP contribution in [0.5, 0.6) is 0 Å². The second-order valence-electron chi connectivity index (χ2n) is 8.86. The Morgan fingerprint density at radius 2 is 1.29 bits per heavy atom. The lowest BCUT2D eigenvalue weighted by atomic mass is 9.63. The van der Waals surface area contributed by atoms with Gasteiger partial charge in [0.2, 0.25) is 0 Å². The van der Waals surface area contributed by atoms with Crippen molar-refractivity contribution in [1.82, 2.24) is 0 Å². The first kappa shape index (κ1) is 22.9. The first-order valence-corrected chi connectivity index (χ1v) is 9.32. The molecular weight excluding hydrogens is 304 g/mol. The zero-order chi connectivity index (χ0) is 19.1. The Hall–Kier alpha value is -1.06. The van der Waals surface area contributed by atoms with E-state index in [0.29, 0.717) is 25.9 Å². The van der Waals surface area contributed by atoms with Crippen molar-refractivity contribution in [3.05, 3.63) is 0 Å². The molecule has 0 saturated carbocycles. The van der Waals surface area contributed by atoms with Crippen LogP contribution in [0.2, 0.25) is 0 Å². The van der Waals surface area contributed by atoms with Crippen LogP contribution in [-0.4, -0.2) is 23.7 Å². The third-order valence-corrected chi connectivity index (χ3v) is 4.17. The molecule has 0 fully saturated rings. The van der Waals surface area contributed by atoms with Crippen LogP contribution in [-0.2, 0) is 14.3 Å². The maximum absolute atomic E-state index is 13.1. The third-order valence-electron chi connectivity index (χ3n) is 4.17. The van der Waals surface area contributed by atoms with Gasteiger partial charge in [-0.25, -0.2) is 0 Å². The molecule has 1 unspecified atom stereocenters. The summed E-state index contributed by atoms with van der Waals surface area (Å²) in [5.74, 6) is -1.02. The monoisotopic (exact) mass is 342 g/mol. The number of ether oxygens (including phenoxy) is 1. The van der Waals surface area contributed by atoms with Gasteiger partial charge in [-0.05, 0) is 42.9 Å². The average molecular weight is 343 g/mol. The number of hydrogen-bond acceptors (Lipinski definition) is 3. The van der Waals surface area contributed by atoms with Crippen LogP contribution in [0.15, 0.2) is 0 Å². The van der Waals surface area contributed by atoms with Gasteiger partial charge in [-0.15, -0.1) is 0 Å². The summed E-state index contributed by atoms with van der Waals surface area (Å²) in [4.78, 5) is 25.2. The molecule has 0 aliphatic rings. The van der Waals surface area contributed by atoms with Gasteiger partial charge in [0.1, 0.15) is 0 Å². The molecule has 0 aliphatic heterocycles. The maximum Gasteiger partial charge on any atom is 0.312 e. The smallest absolute Gasteiger partial charge is 0.312 e. The second-order valence-corrected chi connectivity index (χ2v) is 8.86. The predicted molar refractivity (Wildman–Crippen MR) is 97.7 cm³/mol. The first-order chi connectivity index (χ1) is 10.9. The second kappa shape index (κ2) is 10.0. The highest BCUT2D eigenvalue weighted by molar-refractivity contribution is 5.84. The predicted octanol–water partition coefficient (Wildman–Crippen LogP) is 5.01. The summed E-state index contributed by atoms with van der Waals surface area (Å²) in [5, 5.41) is 9.90. The molecule has 1 atom stereocenters. The Balaban J connectivity index is 5.93. The fourth-order valence-electron chi connectivity index (χ4n) is 3.55. The van der Waals surface area contributed by atoms with E-state index in [4.69, 9.17) is 4.74 Å². The number of carbonyl (C=O) groups is 2. The molecule has 0 rings (SSSR count). The summed E-state index contributed by atoms with van der Waals surface area (Å²) < 4.78 is 5.58. The van der Waals surface area contributed by atoms with Crippen molar-refractivity contribution < 1.29 is 19.4 Å². The largest absolute Gasteiger partial charge is 0.481 e. The first-order valence-electron chi connectivity index (χ1n) is 9.32. The summed E-state index contributed by atoms with van der Waals surface area (Å²) in [6.07, 6.45) is 1.59. The summed E-state index contributed by atoms with van der Waals surface area (Å²) in [7, 11) is 0. The Bertz CT molecular complexity index is 386. The van der Waals surface area contributed by atoms with Crippen molar-refractivity contribution in [3.8, 4) is 0 Å². The number of rotatable bonds is 11. The molecule has 24 heavy (non-hydrogen) atoms. The highest BCUT2D eigenvalue weighted by atomic mass is 16.5. The summed E-state index contributed by atoms with van der Waals surface area (Å²) in [6.45, 7) is 16.5. The maximum atomic E-state index is 13.1. The van der Waals surface area contributed by atoms with Gasteiger partial charge in [0.25, 0.3) is 0 Å². The molecule has 4 heteroatoms. The van der Waals surface area contributed by atoms with Crippen molar-refractivity contribution in [2.45, 2.75) is 74.7 Å². The van der Waals surface area contributed by atoms with Crippen LogP contribution in [0.3, 0.4) is 0 Å². The molecule has 0 amide bonds. The molecule has 0 aliphatic carbocycles. The molecule has 0 aromatic carbocycles. The highest BCUT2D eigenvalue weighted by Gasteiger charge is 2.50. The lowest BCUT2D eigenvalue weighted by Crippen LogP contribution is -2.46. The van der Waals surface area contributed by atoms with Crippen molar-refractivity contribution >= 4 is 11.9 Å². The van der Waals surface area contributed by atoms with Gasteiger partial charge in [-0.2, -0.15) is 0 Å². The molecule has 1 N–H and O–H groups in total. The molecule has 0 heterocycles. The van der Waals surface area contributed by atoms with Crippen LogP contribution in [0.1, 0.15) is 74.7 Å². The zero-order valence-electron chi connectivity index (χ0n) is 16.9. The van der Waals surface area contributed by atoms with Gasteiger partial charge in [0.15, 0.2) is 0 Å². The van der Waals surface area contributed by atoms with Crippen LogP contribution < -0.4 is 0 Å². The van der Waals surface area contributed by atoms with Gasteiger partial charge in [-0.1, -0.05) is 55.4 Å². The lowest BCUT2D eigenvalue weighted by Gasteiger charge is -2.40. The van der Waals surface area contributed by atoms with E-state index in [1.807, 2.05) is 55.4 Å². The van der Waals surface area contributed by atoms with E-state index in [1.54, 1.807) is 0 Å². The third kappa shape index (κ3) is 7.23. The lowest BCUT2D eigenvalue weighted by molar-refractivity contribution is -0.172. The summed E-state index contributed by atoms with van der Waals surface area (Å²) in [6, 6.07) is 0. The Kier molecular flexibility index (Phi) is 9.61. The van der Waals surface area contributed by atoms with Gasteiger partial charge < -0.3 is 9.84 Å². The van der Waals surface area contributed by atoms with E-state index in [-0.39, 0.29) is 29.6 Å². The molecule has 0 aromatic rings. The SMILES string of the molecule is CC(C)COC(=O)C(CC(C)C)(CC(C)C)C(CC(C)C)C(=O)O. The molecular formula is C20H38O4. The standard InChI is InChI=1S/C20H38O4/c1-13(2)9-17(18(21)22)20(10-14(3)4,11-15(5)6)19(23)24-12-16(7)8/h13-17H,9-12H2,1-8H3,(H,21,22). The fraction of sp³-hybridized carbons (Fsp3) is 0.900.